The minimum atomic E-state index is -3.95. The lowest BCUT2D eigenvalue weighted by Crippen LogP contribution is -2.24. The van der Waals surface area contributed by atoms with Crippen LogP contribution in [0.2, 0.25) is 0 Å². The molecule has 0 bridgehead atoms. The minimum Gasteiger partial charge on any atom is -0.468 e. The third-order valence-corrected chi connectivity index (χ3v) is 5.63. The highest BCUT2D eigenvalue weighted by molar-refractivity contribution is 7.89. The predicted octanol–water partition coefficient (Wildman–Crippen LogP) is 3.77. The number of carbonyl (C=O) groups excluding carboxylic acids is 1. The van der Waals surface area contributed by atoms with Gasteiger partial charge >= 0.3 is 0 Å². The number of carbonyl (C=O) groups is 1. The lowest BCUT2D eigenvalue weighted by Gasteiger charge is -2.13. The molecule has 0 unspecified atom stereocenters. The lowest BCUT2D eigenvalue weighted by atomic mass is 10.1. The third kappa shape index (κ3) is 4.29. The van der Waals surface area contributed by atoms with Crippen LogP contribution in [-0.4, -0.2) is 14.3 Å². The molecule has 8 heteroatoms. The van der Waals surface area contributed by atoms with Gasteiger partial charge in [-0.25, -0.2) is 17.5 Å². The Balaban J connectivity index is 1.85. The quantitative estimate of drug-likeness (QED) is 0.657. The highest BCUT2D eigenvalue weighted by atomic mass is 32.2. The number of rotatable bonds is 6. The van der Waals surface area contributed by atoms with Crippen molar-refractivity contribution >= 4 is 21.6 Å². The van der Waals surface area contributed by atoms with E-state index in [9.17, 15) is 17.6 Å². The van der Waals surface area contributed by atoms with Crippen LogP contribution < -0.4 is 10.0 Å². The fraction of sp³-hybridized carbons (Fsp3) is 0.150. The van der Waals surface area contributed by atoms with Crippen LogP contribution in [-0.2, 0) is 16.6 Å². The minimum absolute atomic E-state index is 0.0589. The maximum Gasteiger partial charge on any atom is 0.258 e. The molecule has 0 aliphatic carbocycles. The highest BCUT2D eigenvalue weighted by Crippen LogP contribution is 2.22. The predicted molar refractivity (Wildman–Crippen MR) is 103 cm³/mol. The molecule has 1 heterocycles. The average Bonchev–Trinajstić information content (AvgIpc) is 3.17. The van der Waals surface area contributed by atoms with Crippen LogP contribution >= 0.6 is 0 Å². The molecule has 1 amide bonds. The van der Waals surface area contributed by atoms with Gasteiger partial charge in [-0.05, 0) is 55.3 Å². The Morgan fingerprint density at radius 1 is 1.07 bits per heavy atom. The molecule has 0 atom stereocenters. The summed E-state index contributed by atoms with van der Waals surface area (Å²) in [5.74, 6) is -1.11. The number of para-hydroxylation sites is 1. The first-order chi connectivity index (χ1) is 13.3. The molecule has 1 aromatic heterocycles. The maximum atomic E-state index is 14.2. The van der Waals surface area contributed by atoms with Gasteiger partial charge in [0.25, 0.3) is 5.91 Å². The lowest BCUT2D eigenvalue weighted by molar-refractivity contribution is 0.102. The highest BCUT2D eigenvalue weighted by Gasteiger charge is 2.20. The normalized spacial score (nSPS) is 11.4. The Hall–Kier alpha value is -2.97. The van der Waals surface area contributed by atoms with Gasteiger partial charge in [-0.3, -0.25) is 4.79 Å². The Labute approximate surface area is 162 Å². The third-order valence-electron chi connectivity index (χ3n) is 4.23. The van der Waals surface area contributed by atoms with Crippen molar-refractivity contribution in [2.75, 3.05) is 5.32 Å². The zero-order valence-corrected chi connectivity index (χ0v) is 16.1. The smallest absolute Gasteiger partial charge is 0.258 e. The monoisotopic (exact) mass is 402 g/mol. The number of hydrogen-bond donors (Lipinski definition) is 2. The van der Waals surface area contributed by atoms with Gasteiger partial charge in [0.15, 0.2) is 0 Å². The summed E-state index contributed by atoms with van der Waals surface area (Å²) in [4.78, 5) is 12.4. The molecule has 146 valence electrons. The van der Waals surface area contributed by atoms with Crippen molar-refractivity contribution in [2.24, 2.45) is 0 Å². The van der Waals surface area contributed by atoms with E-state index >= 15 is 0 Å². The first-order valence-electron chi connectivity index (χ1n) is 8.47. The number of amides is 1. The molecule has 3 aromatic rings. The maximum absolute atomic E-state index is 14.2. The van der Waals surface area contributed by atoms with E-state index in [4.69, 9.17) is 4.42 Å². The van der Waals surface area contributed by atoms with E-state index in [1.165, 1.54) is 6.26 Å². The molecule has 0 saturated heterocycles. The molecule has 2 aromatic carbocycles. The first kappa shape index (κ1) is 19.8. The number of hydrogen-bond acceptors (Lipinski definition) is 4. The van der Waals surface area contributed by atoms with E-state index in [1.807, 2.05) is 32.0 Å². The van der Waals surface area contributed by atoms with Crippen LogP contribution in [0.15, 0.2) is 64.1 Å². The molecule has 2 N–H and O–H groups in total. The van der Waals surface area contributed by atoms with Gasteiger partial charge in [-0.1, -0.05) is 18.2 Å². The van der Waals surface area contributed by atoms with Gasteiger partial charge < -0.3 is 9.73 Å². The van der Waals surface area contributed by atoms with Crippen LogP contribution in [0.4, 0.5) is 10.1 Å². The summed E-state index contributed by atoms with van der Waals surface area (Å²) in [6.45, 7) is 3.58. The van der Waals surface area contributed by atoms with E-state index in [-0.39, 0.29) is 17.0 Å². The van der Waals surface area contributed by atoms with Crippen molar-refractivity contribution in [1.82, 2.24) is 4.72 Å². The second-order valence-electron chi connectivity index (χ2n) is 6.27. The van der Waals surface area contributed by atoms with Gasteiger partial charge in [0.05, 0.1) is 23.3 Å². The zero-order valence-electron chi connectivity index (χ0n) is 15.3. The molecule has 0 saturated carbocycles. The van der Waals surface area contributed by atoms with Crippen LogP contribution in [0.25, 0.3) is 0 Å². The van der Waals surface area contributed by atoms with E-state index < -0.39 is 21.7 Å². The van der Waals surface area contributed by atoms with E-state index in [0.29, 0.717) is 11.4 Å². The molecule has 0 aliphatic rings. The van der Waals surface area contributed by atoms with Crippen molar-refractivity contribution < 1.29 is 22.0 Å². The van der Waals surface area contributed by atoms with E-state index in [0.717, 1.165) is 29.3 Å². The van der Waals surface area contributed by atoms with E-state index in [2.05, 4.69) is 10.0 Å². The number of aryl methyl sites for hydroxylation is 2. The van der Waals surface area contributed by atoms with Crippen LogP contribution in [0.3, 0.4) is 0 Å². The Kier molecular flexibility index (Phi) is 5.62. The van der Waals surface area contributed by atoms with E-state index in [1.54, 1.807) is 12.1 Å². The molecule has 0 fully saturated rings. The number of nitrogens with one attached hydrogen (secondary N) is 2. The molecule has 6 nitrogen and oxygen atoms in total. The number of sulfonamides is 1. The fourth-order valence-electron chi connectivity index (χ4n) is 2.70. The Morgan fingerprint density at radius 2 is 1.79 bits per heavy atom. The largest absolute Gasteiger partial charge is 0.468 e. The number of anilines is 1. The summed E-state index contributed by atoms with van der Waals surface area (Å²) < 4.78 is 46.6. The summed E-state index contributed by atoms with van der Waals surface area (Å²) in [7, 11) is -3.95. The molecular weight excluding hydrogens is 383 g/mol. The van der Waals surface area contributed by atoms with Gasteiger partial charge in [0.1, 0.15) is 11.6 Å². The first-order valence-corrected chi connectivity index (χ1v) is 9.95. The molecule has 3 rings (SSSR count). The Bertz CT molecular complexity index is 1090. The SMILES string of the molecule is Cc1cccc(C)c1NC(=O)c1cc(S(=O)(=O)NCc2ccco2)ccc1F. The van der Waals surface area contributed by atoms with Crippen molar-refractivity contribution in [3.63, 3.8) is 0 Å². The van der Waals surface area contributed by atoms with Gasteiger partial charge in [-0.2, -0.15) is 0 Å². The van der Waals surface area contributed by atoms with Crippen molar-refractivity contribution in [2.45, 2.75) is 25.3 Å². The van der Waals surface area contributed by atoms with Crippen LogP contribution in [0, 0.1) is 19.7 Å². The van der Waals surface area contributed by atoms with Gasteiger partial charge in [0, 0.05) is 5.69 Å². The number of benzene rings is 2. The van der Waals surface area contributed by atoms with Crippen LogP contribution in [0.5, 0.6) is 0 Å². The summed E-state index contributed by atoms with van der Waals surface area (Å²) >= 11 is 0. The molecule has 28 heavy (non-hydrogen) atoms. The van der Waals surface area contributed by atoms with Crippen molar-refractivity contribution in [1.29, 1.82) is 0 Å². The number of furan rings is 1. The molecule has 0 spiro atoms. The van der Waals surface area contributed by atoms with Crippen molar-refractivity contribution in [3.05, 3.63) is 83.1 Å². The summed E-state index contributed by atoms with van der Waals surface area (Å²) in [5, 5.41) is 2.66. The van der Waals surface area contributed by atoms with Crippen molar-refractivity contribution in [3.8, 4) is 0 Å². The summed E-state index contributed by atoms with van der Waals surface area (Å²) in [5.41, 5.74) is 1.84. The molecule has 0 aliphatic heterocycles. The van der Waals surface area contributed by atoms with Gasteiger partial charge in [0.2, 0.25) is 10.0 Å². The average molecular weight is 402 g/mol. The second-order valence-corrected chi connectivity index (χ2v) is 8.03. The Morgan fingerprint density at radius 3 is 2.43 bits per heavy atom. The zero-order chi connectivity index (χ0) is 20.3. The fourth-order valence-corrected chi connectivity index (χ4v) is 3.72. The standard InChI is InChI=1S/C20H19FN2O4S/c1-13-5-3-6-14(2)19(13)23-20(24)17-11-16(8-9-18(17)21)28(25,26)22-12-15-7-4-10-27-15/h3-11,22H,12H2,1-2H3,(H,23,24). The number of halogens is 1. The topological polar surface area (TPSA) is 88.4 Å². The molecule has 0 radical (unpaired) electrons. The summed E-state index contributed by atoms with van der Waals surface area (Å²) in [6.07, 6.45) is 1.43. The van der Waals surface area contributed by atoms with Gasteiger partial charge in [-0.15, -0.1) is 0 Å². The molecular formula is C20H19FN2O4S. The second kappa shape index (κ2) is 7.95. The summed E-state index contributed by atoms with van der Waals surface area (Å²) in [6, 6.07) is 11.8. The van der Waals surface area contributed by atoms with Crippen LogP contribution in [0.1, 0.15) is 27.2 Å².